The molecule has 2 aliphatic carbocycles. The fourth-order valence-corrected chi connectivity index (χ4v) is 3.82. The van der Waals surface area contributed by atoms with Crippen molar-refractivity contribution >= 4 is 17.2 Å². The minimum atomic E-state index is 0.322. The van der Waals surface area contributed by atoms with E-state index in [9.17, 15) is 0 Å². The second-order valence-electron chi connectivity index (χ2n) is 5.21. The predicted molar refractivity (Wildman–Crippen MR) is 69.9 cm³/mol. The zero-order chi connectivity index (χ0) is 11.2. The summed E-state index contributed by atoms with van der Waals surface area (Å²) in [7, 11) is 0. The summed E-state index contributed by atoms with van der Waals surface area (Å²) in [5.74, 6) is 0. The van der Waals surface area contributed by atoms with Gasteiger partial charge in [0.2, 0.25) is 0 Å². The van der Waals surface area contributed by atoms with Gasteiger partial charge in [-0.3, -0.25) is 0 Å². The highest BCUT2D eigenvalue weighted by molar-refractivity contribution is 6.32. The number of hydrogen-bond donors (Lipinski definition) is 0. The largest absolute Gasteiger partial charge is 0.0837 e. The summed E-state index contributed by atoms with van der Waals surface area (Å²) in [5.41, 5.74) is 4.49. The lowest BCUT2D eigenvalue weighted by molar-refractivity contribution is 0.362. The van der Waals surface area contributed by atoms with Gasteiger partial charge in [0.25, 0.3) is 0 Å². The van der Waals surface area contributed by atoms with E-state index in [1.54, 1.807) is 0 Å². The first-order valence-corrected chi connectivity index (χ1v) is 6.60. The summed E-state index contributed by atoms with van der Waals surface area (Å²) in [6, 6.07) is 6.39. The first kappa shape index (κ1) is 10.4. The van der Waals surface area contributed by atoms with Gasteiger partial charge in [-0.15, -0.1) is 0 Å². The molecule has 1 heteroatoms. The fourth-order valence-electron chi connectivity index (χ4n) is 3.50. The molecule has 0 radical (unpaired) electrons. The molecule has 1 aromatic rings. The third kappa shape index (κ3) is 1.36. The molecule has 0 saturated heterocycles. The van der Waals surface area contributed by atoms with Gasteiger partial charge in [0.1, 0.15) is 0 Å². The molecule has 3 rings (SSSR count). The Morgan fingerprint density at radius 3 is 2.62 bits per heavy atom. The molecule has 0 aliphatic heterocycles. The molecule has 1 saturated carbocycles. The topological polar surface area (TPSA) is 0 Å². The van der Waals surface area contributed by atoms with E-state index in [1.165, 1.54) is 48.8 Å². The molecule has 0 amide bonds. The van der Waals surface area contributed by atoms with Gasteiger partial charge in [-0.2, -0.15) is 0 Å². The van der Waals surface area contributed by atoms with Crippen LogP contribution in [0, 0.1) is 0 Å². The Morgan fingerprint density at radius 2 is 1.88 bits per heavy atom. The Balaban J connectivity index is 2.17. The van der Waals surface area contributed by atoms with E-state index >= 15 is 0 Å². The van der Waals surface area contributed by atoms with Crippen LogP contribution in [0.5, 0.6) is 0 Å². The van der Waals surface area contributed by atoms with E-state index in [0.717, 1.165) is 5.02 Å². The molecule has 0 nitrogen and oxygen atoms in total. The monoisotopic (exact) mass is 232 g/mol. The Labute approximate surface area is 102 Å². The number of allylic oxidation sites excluding steroid dienone is 2. The lowest BCUT2D eigenvalue weighted by Gasteiger charge is -2.33. The van der Waals surface area contributed by atoms with Crippen LogP contribution in [0.25, 0.3) is 5.57 Å². The molecule has 0 atom stereocenters. The van der Waals surface area contributed by atoms with Crippen LogP contribution < -0.4 is 0 Å². The van der Waals surface area contributed by atoms with Crippen molar-refractivity contribution < 1.29 is 0 Å². The van der Waals surface area contributed by atoms with Gasteiger partial charge in [-0.05, 0) is 42.5 Å². The predicted octanol–water partition coefficient (Wildman–Crippen LogP) is 4.96. The van der Waals surface area contributed by atoms with Gasteiger partial charge in [-0.1, -0.05) is 49.1 Å². The molecule has 16 heavy (non-hydrogen) atoms. The van der Waals surface area contributed by atoms with Gasteiger partial charge in [0, 0.05) is 10.4 Å². The normalized spacial score (nSPS) is 22.0. The van der Waals surface area contributed by atoms with Crippen LogP contribution in [0.15, 0.2) is 24.3 Å². The quantitative estimate of drug-likeness (QED) is 0.593. The molecular weight excluding hydrogens is 216 g/mol. The first-order chi connectivity index (χ1) is 7.73. The minimum Gasteiger partial charge on any atom is -0.0837 e. The van der Waals surface area contributed by atoms with Crippen LogP contribution in [-0.2, 0) is 5.41 Å². The molecular formula is C15H17Cl. The highest BCUT2D eigenvalue weighted by Gasteiger charge is 2.38. The lowest BCUT2D eigenvalue weighted by Crippen LogP contribution is -2.24. The molecule has 0 unspecified atom stereocenters. The maximum Gasteiger partial charge on any atom is 0.0484 e. The van der Waals surface area contributed by atoms with Crippen molar-refractivity contribution in [3.05, 3.63) is 40.4 Å². The molecule has 0 aromatic heterocycles. The van der Waals surface area contributed by atoms with Crippen LogP contribution in [0.2, 0.25) is 5.02 Å². The van der Waals surface area contributed by atoms with Gasteiger partial charge in [0.05, 0.1) is 0 Å². The molecule has 0 bridgehead atoms. The van der Waals surface area contributed by atoms with Crippen molar-refractivity contribution in [1.82, 2.24) is 0 Å². The number of rotatable bonds is 0. The maximum absolute atomic E-state index is 6.33. The van der Waals surface area contributed by atoms with Crippen LogP contribution in [0.1, 0.15) is 50.2 Å². The van der Waals surface area contributed by atoms with Crippen LogP contribution in [-0.4, -0.2) is 0 Å². The van der Waals surface area contributed by atoms with Crippen molar-refractivity contribution in [2.75, 3.05) is 0 Å². The molecule has 1 aromatic carbocycles. The van der Waals surface area contributed by atoms with E-state index in [4.69, 9.17) is 11.6 Å². The average molecular weight is 233 g/mol. The van der Waals surface area contributed by atoms with Gasteiger partial charge >= 0.3 is 0 Å². The average Bonchev–Trinajstić information content (AvgIpc) is 2.55. The Bertz CT molecular complexity index is 451. The van der Waals surface area contributed by atoms with Crippen LogP contribution >= 0.6 is 11.6 Å². The summed E-state index contributed by atoms with van der Waals surface area (Å²) in [5, 5.41) is 0.925. The van der Waals surface area contributed by atoms with Crippen LogP contribution in [0.3, 0.4) is 0 Å². The van der Waals surface area contributed by atoms with Crippen molar-refractivity contribution in [3.63, 3.8) is 0 Å². The van der Waals surface area contributed by atoms with E-state index < -0.39 is 0 Å². The zero-order valence-corrected chi connectivity index (χ0v) is 10.5. The number of hydrogen-bond acceptors (Lipinski definition) is 0. The molecule has 0 heterocycles. The smallest absolute Gasteiger partial charge is 0.0484 e. The van der Waals surface area contributed by atoms with Crippen LogP contribution in [0.4, 0.5) is 0 Å². The third-order valence-corrected chi connectivity index (χ3v) is 4.50. The summed E-state index contributed by atoms with van der Waals surface area (Å²) in [4.78, 5) is 0. The second kappa shape index (κ2) is 3.63. The highest BCUT2D eigenvalue weighted by atomic mass is 35.5. The van der Waals surface area contributed by atoms with E-state index in [1.807, 2.05) is 6.07 Å². The summed E-state index contributed by atoms with van der Waals surface area (Å²) in [6.45, 7) is 2.20. The summed E-state index contributed by atoms with van der Waals surface area (Å²) < 4.78 is 0. The lowest BCUT2D eigenvalue weighted by atomic mass is 9.71. The third-order valence-electron chi connectivity index (χ3n) is 4.18. The number of benzene rings is 1. The van der Waals surface area contributed by atoms with Crippen molar-refractivity contribution in [1.29, 1.82) is 0 Å². The van der Waals surface area contributed by atoms with Gasteiger partial charge < -0.3 is 0 Å². The molecule has 1 spiro atoms. The first-order valence-electron chi connectivity index (χ1n) is 6.22. The Morgan fingerprint density at radius 1 is 1.12 bits per heavy atom. The van der Waals surface area contributed by atoms with Crippen molar-refractivity contribution in [2.45, 2.75) is 44.4 Å². The van der Waals surface area contributed by atoms with Gasteiger partial charge in [-0.25, -0.2) is 0 Å². The second-order valence-corrected chi connectivity index (χ2v) is 5.61. The summed E-state index contributed by atoms with van der Waals surface area (Å²) in [6.07, 6.45) is 9.19. The standard InChI is InChI=1S/C15H17Cl/c1-11-10-15(8-3-2-4-9-15)12-6-5-7-13(16)14(11)12/h5-7,10H,2-4,8-9H2,1H3. The summed E-state index contributed by atoms with van der Waals surface area (Å²) >= 11 is 6.33. The van der Waals surface area contributed by atoms with Gasteiger partial charge in [0.15, 0.2) is 0 Å². The van der Waals surface area contributed by atoms with E-state index in [-0.39, 0.29) is 0 Å². The number of fused-ring (bicyclic) bond motifs is 2. The SMILES string of the molecule is CC1=CC2(CCCCC2)c2cccc(Cl)c21. The maximum atomic E-state index is 6.33. The molecule has 0 N–H and O–H groups in total. The molecule has 84 valence electrons. The Kier molecular flexibility index (Phi) is 2.36. The minimum absolute atomic E-state index is 0.322. The fraction of sp³-hybridized carbons (Fsp3) is 0.467. The highest BCUT2D eigenvalue weighted by Crippen LogP contribution is 2.50. The van der Waals surface area contributed by atoms with E-state index in [0.29, 0.717) is 5.41 Å². The molecule has 1 fully saturated rings. The zero-order valence-electron chi connectivity index (χ0n) is 9.72. The molecule has 2 aliphatic rings. The van der Waals surface area contributed by atoms with Crippen molar-refractivity contribution in [2.24, 2.45) is 0 Å². The van der Waals surface area contributed by atoms with E-state index in [2.05, 4.69) is 25.1 Å². The van der Waals surface area contributed by atoms with Crippen molar-refractivity contribution in [3.8, 4) is 0 Å². The number of halogens is 1. The Hall–Kier alpha value is -0.750.